The van der Waals surface area contributed by atoms with Gasteiger partial charge in [-0.05, 0) is 69.1 Å². The van der Waals surface area contributed by atoms with Crippen molar-refractivity contribution in [2.75, 3.05) is 6.61 Å². The van der Waals surface area contributed by atoms with E-state index in [0.717, 1.165) is 22.2 Å². The minimum atomic E-state index is -1.94. The van der Waals surface area contributed by atoms with Crippen molar-refractivity contribution in [2.24, 2.45) is 0 Å². The maximum absolute atomic E-state index is 12.1. The molecule has 162 valence electrons. The zero-order valence-corrected chi connectivity index (χ0v) is 20.0. The van der Waals surface area contributed by atoms with Crippen molar-refractivity contribution in [3.8, 4) is 5.75 Å². The summed E-state index contributed by atoms with van der Waals surface area (Å²) in [6.07, 6.45) is 1.87. The number of benzene rings is 1. The molecule has 2 rings (SSSR count). The molecule has 1 amide bonds. The van der Waals surface area contributed by atoms with E-state index in [4.69, 9.17) is 9.16 Å². The number of aliphatic hydroxyl groups is 1. The highest BCUT2D eigenvalue weighted by molar-refractivity contribution is 6.74. The Morgan fingerprint density at radius 1 is 1.21 bits per heavy atom. The van der Waals surface area contributed by atoms with E-state index in [1.807, 2.05) is 45.2 Å². The molecule has 7 heteroatoms. The van der Waals surface area contributed by atoms with Gasteiger partial charge in [0.05, 0.1) is 12.6 Å². The van der Waals surface area contributed by atoms with Crippen LogP contribution < -0.4 is 9.74 Å². The van der Waals surface area contributed by atoms with Crippen molar-refractivity contribution in [3.63, 3.8) is 0 Å². The molecule has 0 spiro atoms. The Kier molecular flexibility index (Phi) is 6.74. The second kappa shape index (κ2) is 8.40. The largest absolute Gasteiger partial charge is 0.543 e. The molecule has 0 bridgehead atoms. The van der Waals surface area contributed by atoms with E-state index in [0.29, 0.717) is 6.42 Å². The van der Waals surface area contributed by atoms with Gasteiger partial charge in [-0.2, -0.15) is 0 Å². The Morgan fingerprint density at radius 3 is 2.41 bits per heavy atom. The van der Waals surface area contributed by atoms with Crippen LogP contribution in [0.15, 0.2) is 24.4 Å². The van der Waals surface area contributed by atoms with Gasteiger partial charge in [-0.25, -0.2) is 4.79 Å². The van der Waals surface area contributed by atoms with Crippen LogP contribution in [0.3, 0.4) is 0 Å². The van der Waals surface area contributed by atoms with Crippen LogP contribution in [-0.2, 0) is 11.2 Å². The fraction of sp³-hybridized carbons (Fsp3) is 0.591. The fourth-order valence-electron chi connectivity index (χ4n) is 2.74. The molecule has 1 atom stereocenters. The van der Waals surface area contributed by atoms with E-state index >= 15 is 0 Å². The van der Waals surface area contributed by atoms with E-state index in [9.17, 15) is 9.90 Å². The number of rotatable bonds is 6. The zero-order valence-electron chi connectivity index (χ0n) is 19.0. The van der Waals surface area contributed by atoms with Gasteiger partial charge in [-0.15, -0.1) is 0 Å². The van der Waals surface area contributed by atoms with Crippen molar-refractivity contribution in [1.29, 1.82) is 0 Å². The highest BCUT2D eigenvalue weighted by Crippen LogP contribution is 2.38. The molecule has 0 radical (unpaired) electrons. The number of H-pyrrole nitrogens is 1. The second-order valence-electron chi connectivity index (χ2n) is 10.1. The van der Waals surface area contributed by atoms with Crippen molar-refractivity contribution in [1.82, 2.24) is 10.3 Å². The molecule has 1 aromatic heterocycles. The predicted molar refractivity (Wildman–Crippen MR) is 120 cm³/mol. The van der Waals surface area contributed by atoms with Gasteiger partial charge in [0.15, 0.2) is 0 Å². The molecule has 0 aliphatic carbocycles. The van der Waals surface area contributed by atoms with E-state index in [-0.39, 0.29) is 11.6 Å². The third-order valence-corrected chi connectivity index (χ3v) is 9.68. The van der Waals surface area contributed by atoms with Crippen molar-refractivity contribution in [2.45, 2.75) is 77.7 Å². The summed E-state index contributed by atoms with van der Waals surface area (Å²) in [7, 11) is -1.94. The van der Waals surface area contributed by atoms with Crippen LogP contribution in [0, 0.1) is 0 Å². The van der Waals surface area contributed by atoms with Crippen molar-refractivity contribution in [3.05, 3.63) is 30.0 Å². The summed E-state index contributed by atoms with van der Waals surface area (Å²) in [5.41, 5.74) is 1.42. The third kappa shape index (κ3) is 6.24. The van der Waals surface area contributed by atoms with Crippen molar-refractivity contribution >= 4 is 25.3 Å². The SMILES string of the molecule is CC(C)(C)OC(=O)NC(CO)Cc1c[nH]c2ccc(O[Si](C)(C)C(C)(C)C)cc12. The predicted octanol–water partition coefficient (Wildman–Crippen LogP) is 4.98. The Balaban J connectivity index is 2.20. The summed E-state index contributed by atoms with van der Waals surface area (Å²) in [5, 5.41) is 13.6. The number of aliphatic hydroxyl groups excluding tert-OH is 1. The monoisotopic (exact) mass is 420 g/mol. The average molecular weight is 421 g/mol. The topological polar surface area (TPSA) is 83.6 Å². The minimum Gasteiger partial charge on any atom is -0.543 e. The number of nitrogens with one attached hydrogen (secondary N) is 2. The van der Waals surface area contributed by atoms with Crippen LogP contribution in [0.4, 0.5) is 4.79 Å². The molecular formula is C22H36N2O4Si. The first-order valence-corrected chi connectivity index (χ1v) is 13.0. The van der Waals surface area contributed by atoms with Gasteiger partial charge in [0, 0.05) is 17.1 Å². The molecule has 0 fully saturated rings. The Labute approximate surface area is 175 Å². The molecule has 0 saturated carbocycles. The minimum absolute atomic E-state index is 0.113. The highest BCUT2D eigenvalue weighted by atomic mass is 28.4. The van der Waals surface area contributed by atoms with Gasteiger partial charge < -0.3 is 24.6 Å². The number of amides is 1. The number of fused-ring (bicyclic) bond motifs is 1. The molecule has 2 aromatic rings. The quantitative estimate of drug-likeness (QED) is 0.576. The molecule has 29 heavy (non-hydrogen) atoms. The second-order valence-corrected chi connectivity index (χ2v) is 14.8. The first-order valence-electron chi connectivity index (χ1n) is 10.1. The average Bonchev–Trinajstić information content (AvgIpc) is 2.93. The lowest BCUT2D eigenvalue weighted by atomic mass is 10.1. The molecule has 1 aromatic carbocycles. The summed E-state index contributed by atoms with van der Waals surface area (Å²) in [4.78, 5) is 15.3. The molecule has 0 saturated heterocycles. The molecule has 1 heterocycles. The van der Waals surface area contributed by atoms with Crippen LogP contribution in [0.1, 0.15) is 47.1 Å². The van der Waals surface area contributed by atoms with Crippen LogP contribution >= 0.6 is 0 Å². The fourth-order valence-corrected chi connectivity index (χ4v) is 3.76. The summed E-state index contributed by atoms with van der Waals surface area (Å²) < 4.78 is 11.7. The summed E-state index contributed by atoms with van der Waals surface area (Å²) in [6, 6.07) is 5.61. The number of aromatic amines is 1. The maximum atomic E-state index is 12.1. The Hall–Kier alpha value is -1.99. The van der Waals surface area contributed by atoms with Gasteiger partial charge in [0.25, 0.3) is 0 Å². The lowest BCUT2D eigenvalue weighted by Gasteiger charge is -2.36. The van der Waals surface area contributed by atoms with Gasteiger partial charge in [0.1, 0.15) is 11.4 Å². The molecule has 3 N–H and O–H groups in total. The van der Waals surface area contributed by atoms with Gasteiger partial charge in [-0.1, -0.05) is 20.8 Å². The summed E-state index contributed by atoms with van der Waals surface area (Å²) >= 11 is 0. The van der Waals surface area contributed by atoms with Crippen LogP contribution in [0.25, 0.3) is 10.9 Å². The lowest BCUT2D eigenvalue weighted by Crippen LogP contribution is -2.43. The van der Waals surface area contributed by atoms with E-state index in [1.54, 1.807) is 0 Å². The van der Waals surface area contributed by atoms with Gasteiger partial charge in [0.2, 0.25) is 8.32 Å². The Bertz CT molecular complexity index is 847. The molecule has 0 aliphatic heterocycles. The first-order chi connectivity index (χ1) is 13.2. The van der Waals surface area contributed by atoms with Crippen LogP contribution in [-0.4, -0.2) is 42.8 Å². The highest BCUT2D eigenvalue weighted by Gasteiger charge is 2.39. The number of aromatic nitrogens is 1. The standard InChI is InChI=1S/C22H36N2O4Si/c1-21(2,3)27-20(26)24-16(14-25)11-15-13-23-19-10-9-17(12-18(15)19)28-29(7,8)22(4,5)6/h9-10,12-13,16,23,25H,11,14H2,1-8H3,(H,24,26). The number of hydrogen-bond acceptors (Lipinski definition) is 4. The van der Waals surface area contributed by atoms with Crippen LogP contribution in [0.5, 0.6) is 5.75 Å². The van der Waals surface area contributed by atoms with Gasteiger partial charge >= 0.3 is 6.09 Å². The summed E-state index contributed by atoms with van der Waals surface area (Å²) in [6.45, 7) is 16.4. The first kappa shape index (κ1) is 23.3. The van der Waals surface area contributed by atoms with Crippen LogP contribution in [0.2, 0.25) is 18.1 Å². The van der Waals surface area contributed by atoms with Gasteiger partial charge in [-0.3, -0.25) is 0 Å². The number of ether oxygens (including phenoxy) is 1. The molecular weight excluding hydrogens is 384 g/mol. The van der Waals surface area contributed by atoms with E-state index < -0.39 is 26.1 Å². The molecule has 6 nitrogen and oxygen atoms in total. The van der Waals surface area contributed by atoms with E-state index in [2.05, 4.69) is 44.2 Å². The third-order valence-electron chi connectivity index (χ3n) is 5.33. The maximum Gasteiger partial charge on any atom is 0.407 e. The summed E-state index contributed by atoms with van der Waals surface area (Å²) in [5.74, 6) is 0.852. The van der Waals surface area contributed by atoms with E-state index in [1.165, 1.54) is 0 Å². The number of carbonyl (C=O) groups is 1. The molecule has 1 unspecified atom stereocenters. The zero-order chi connectivity index (χ0) is 22.0. The normalized spacial score (nSPS) is 14.0. The van der Waals surface area contributed by atoms with Crippen molar-refractivity contribution < 1.29 is 19.1 Å². The molecule has 0 aliphatic rings. The smallest absolute Gasteiger partial charge is 0.407 e. The number of alkyl carbamates (subject to hydrolysis) is 1. The lowest BCUT2D eigenvalue weighted by molar-refractivity contribution is 0.0483. The number of hydrogen-bond donors (Lipinski definition) is 3. The number of carbonyl (C=O) groups excluding carboxylic acids is 1. The Morgan fingerprint density at radius 2 is 1.86 bits per heavy atom.